The minimum absolute atomic E-state index is 0.209. The molecule has 0 atom stereocenters. The summed E-state index contributed by atoms with van der Waals surface area (Å²) >= 11 is 1.17. The Labute approximate surface area is 99.9 Å². The van der Waals surface area contributed by atoms with Gasteiger partial charge in [-0.25, -0.2) is 0 Å². The van der Waals surface area contributed by atoms with E-state index in [1.54, 1.807) is 25.3 Å². The molecule has 2 aromatic rings. The van der Waals surface area contributed by atoms with Crippen molar-refractivity contribution in [1.82, 2.24) is 4.57 Å². The topological polar surface area (TPSA) is 85.4 Å². The van der Waals surface area contributed by atoms with Crippen LogP contribution in [-0.4, -0.2) is 14.6 Å². The van der Waals surface area contributed by atoms with Gasteiger partial charge < -0.3 is 5.11 Å². The van der Waals surface area contributed by atoms with Crippen molar-refractivity contribution in [3.63, 3.8) is 0 Å². The number of thiophene rings is 1. The van der Waals surface area contributed by atoms with Gasteiger partial charge in [-0.1, -0.05) is 0 Å². The molecule has 0 aliphatic rings. The maximum absolute atomic E-state index is 12.0. The third-order valence-electron chi connectivity index (χ3n) is 2.46. The average Bonchev–Trinajstić information content (AvgIpc) is 2.65. The fraction of sp³-hybridized carbons (Fsp3) is 0.300. The van der Waals surface area contributed by atoms with Gasteiger partial charge in [0.1, 0.15) is 4.70 Å². The summed E-state index contributed by atoms with van der Waals surface area (Å²) in [4.78, 5) is 21.9. The highest BCUT2D eigenvalue weighted by molar-refractivity contribution is 7.17. The Morgan fingerprint density at radius 2 is 2.18 bits per heavy atom. The van der Waals surface area contributed by atoms with Gasteiger partial charge in [0.15, 0.2) is 0 Å². The Morgan fingerprint density at radius 1 is 1.53 bits per heavy atom. The molecule has 90 valence electrons. The molecule has 2 heterocycles. The Morgan fingerprint density at radius 3 is 2.71 bits per heavy atom. The van der Waals surface area contributed by atoms with E-state index in [9.17, 15) is 20.0 Å². The summed E-state index contributed by atoms with van der Waals surface area (Å²) < 4.78 is 1.69. The second-order valence-electron chi connectivity index (χ2n) is 3.86. The Hall–Kier alpha value is -1.89. The van der Waals surface area contributed by atoms with E-state index in [1.165, 1.54) is 15.9 Å². The van der Waals surface area contributed by atoms with Crippen LogP contribution in [-0.2, 0) is 0 Å². The van der Waals surface area contributed by atoms with Crippen molar-refractivity contribution in [2.45, 2.75) is 19.9 Å². The Balaban J connectivity index is 3.03. The number of nitrogens with zero attached hydrogens (tertiary/aromatic N) is 2. The highest BCUT2D eigenvalue weighted by Crippen LogP contribution is 2.35. The van der Waals surface area contributed by atoms with Crippen LogP contribution >= 0.6 is 11.3 Å². The molecule has 6 nitrogen and oxygen atoms in total. The highest BCUT2D eigenvalue weighted by atomic mass is 32.1. The fourth-order valence-corrected chi connectivity index (χ4v) is 2.61. The molecule has 7 heteroatoms. The number of pyridine rings is 1. The molecule has 0 amide bonds. The number of hydrogen-bond acceptors (Lipinski definition) is 5. The van der Waals surface area contributed by atoms with Crippen LogP contribution in [0.4, 0.5) is 5.69 Å². The molecular weight excluding hydrogens is 244 g/mol. The second-order valence-corrected chi connectivity index (χ2v) is 4.77. The zero-order valence-electron chi connectivity index (χ0n) is 9.21. The van der Waals surface area contributed by atoms with E-state index < -0.39 is 21.9 Å². The average molecular weight is 254 g/mol. The molecule has 0 fully saturated rings. The van der Waals surface area contributed by atoms with Crippen molar-refractivity contribution in [3.05, 3.63) is 31.9 Å². The van der Waals surface area contributed by atoms with Crippen molar-refractivity contribution in [3.8, 4) is 5.75 Å². The first kappa shape index (κ1) is 11.6. The van der Waals surface area contributed by atoms with Crippen LogP contribution < -0.4 is 5.56 Å². The van der Waals surface area contributed by atoms with Crippen molar-refractivity contribution >= 4 is 27.2 Å². The summed E-state index contributed by atoms with van der Waals surface area (Å²) in [5, 5.41) is 22.3. The molecule has 0 saturated heterocycles. The zero-order valence-corrected chi connectivity index (χ0v) is 10.0. The van der Waals surface area contributed by atoms with Crippen molar-refractivity contribution in [2.75, 3.05) is 0 Å². The van der Waals surface area contributed by atoms with Crippen molar-refractivity contribution in [1.29, 1.82) is 0 Å². The standard InChI is InChI=1S/C10H10N2O4S/c1-5(2)11-6-3-4-17-9(6)8(13)7(10(11)14)12(15)16/h3-5,13H,1-2H3. The second kappa shape index (κ2) is 3.85. The summed E-state index contributed by atoms with van der Waals surface area (Å²) in [5.74, 6) is -0.540. The van der Waals surface area contributed by atoms with Crippen LogP contribution in [0.3, 0.4) is 0 Å². The predicted octanol–water partition coefficient (Wildman–Crippen LogP) is 2.26. The number of aromatic hydroxyl groups is 1. The summed E-state index contributed by atoms with van der Waals surface area (Å²) in [5.41, 5.74) is -1.000. The minimum Gasteiger partial charge on any atom is -0.501 e. The fourth-order valence-electron chi connectivity index (χ4n) is 1.78. The SMILES string of the molecule is CC(C)n1c(=O)c([N+](=O)[O-])c(O)c2sccc21. The molecule has 1 N–H and O–H groups in total. The lowest BCUT2D eigenvalue weighted by Gasteiger charge is -2.11. The van der Waals surface area contributed by atoms with Crippen LogP contribution in [0.2, 0.25) is 0 Å². The van der Waals surface area contributed by atoms with Gasteiger partial charge in [-0.05, 0) is 25.3 Å². The van der Waals surface area contributed by atoms with Gasteiger partial charge in [0, 0.05) is 6.04 Å². The van der Waals surface area contributed by atoms with E-state index in [4.69, 9.17) is 0 Å². The molecule has 0 radical (unpaired) electrons. The smallest absolute Gasteiger partial charge is 0.376 e. The van der Waals surface area contributed by atoms with Gasteiger partial charge in [-0.3, -0.25) is 19.5 Å². The van der Waals surface area contributed by atoms with Gasteiger partial charge in [-0.2, -0.15) is 0 Å². The van der Waals surface area contributed by atoms with Crippen LogP contribution in [0.1, 0.15) is 19.9 Å². The number of rotatable bonds is 2. The van der Waals surface area contributed by atoms with Crippen LogP contribution in [0.15, 0.2) is 16.2 Å². The van der Waals surface area contributed by atoms with Crippen molar-refractivity contribution in [2.24, 2.45) is 0 Å². The van der Waals surface area contributed by atoms with E-state index in [0.717, 1.165) is 0 Å². The molecule has 17 heavy (non-hydrogen) atoms. The number of aromatic nitrogens is 1. The molecule has 0 aromatic carbocycles. The normalized spacial score (nSPS) is 11.2. The van der Waals surface area contributed by atoms with Gasteiger partial charge in [0.2, 0.25) is 5.75 Å². The van der Waals surface area contributed by atoms with Crippen LogP contribution in [0, 0.1) is 10.1 Å². The van der Waals surface area contributed by atoms with Gasteiger partial charge in [-0.15, -0.1) is 11.3 Å². The maximum atomic E-state index is 12.0. The van der Waals surface area contributed by atoms with Crippen LogP contribution in [0.5, 0.6) is 5.75 Å². The molecule has 0 saturated carbocycles. The van der Waals surface area contributed by atoms with E-state index in [2.05, 4.69) is 0 Å². The summed E-state index contributed by atoms with van der Waals surface area (Å²) in [6.07, 6.45) is 0. The lowest BCUT2D eigenvalue weighted by atomic mass is 10.2. The zero-order chi connectivity index (χ0) is 12.7. The molecule has 0 bridgehead atoms. The molecule has 0 aliphatic carbocycles. The van der Waals surface area contributed by atoms with Gasteiger partial charge in [0.05, 0.1) is 10.4 Å². The monoisotopic (exact) mass is 254 g/mol. The Bertz CT molecular complexity index is 656. The van der Waals surface area contributed by atoms with Crippen LogP contribution in [0.25, 0.3) is 10.2 Å². The first-order valence-electron chi connectivity index (χ1n) is 4.94. The highest BCUT2D eigenvalue weighted by Gasteiger charge is 2.26. The van der Waals surface area contributed by atoms with E-state index in [-0.39, 0.29) is 6.04 Å². The third kappa shape index (κ3) is 1.59. The summed E-state index contributed by atoms with van der Waals surface area (Å²) in [6, 6.07) is 1.46. The molecule has 2 rings (SSSR count). The van der Waals surface area contributed by atoms with Crippen molar-refractivity contribution < 1.29 is 10.0 Å². The lowest BCUT2D eigenvalue weighted by molar-refractivity contribution is -0.387. The lowest BCUT2D eigenvalue weighted by Crippen LogP contribution is -2.24. The van der Waals surface area contributed by atoms with E-state index in [0.29, 0.717) is 10.2 Å². The largest absolute Gasteiger partial charge is 0.501 e. The Kier molecular flexibility index (Phi) is 2.62. The summed E-state index contributed by atoms with van der Waals surface area (Å²) in [6.45, 7) is 3.53. The van der Waals surface area contributed by atoms with Gasteiger partial charge in [0.25, 0.3) is 0 Å². The van der Waals surface area contributed by atoms with Gasteiger partial charge >= 0.3 is 11.2 Å². The van der Waals surface area contributed by atoms with E-state index in [1.807, 2.05) is 0 Å². The number of hydrogen-bond donors (Lipinski definition) is 1. The maximum Gasteiger partial charge on any atom is 0.376 e. The number of nitro groups is 1. The quantitative estimate of drug-likeness (QED) is 0.658. The third-order valence-corrected chi connectivity index (χ3v) is 3.37. The minimum atomic E-state index is -0.838. The first-order chi connectivity index (χ1) is 7.95. The molecular formula is C10H10N2O4S. The molecule has 2 aromatic heterocycles. The summed E-state index contributed by atoms with van der Waals surface area (Å²) in [7, 11) is 0. The molecule has 0 aliphatic heterocycles. The van der Waals surface area contributed by atoms with E-state index >= 15 is 0 Å². The first-order valence-corrected chi connectivity index (χ1v) is 5.82. The molecule has 0 unspecified atom stereocenters. The number of fused-ring (bicyclic) bond motifs is 1. The molecule has 0 spiro atoms. The predicted molar refractivity (Wildman–Crippen MR) is 64.8 cm³/mol.